The van der Waals surface area contributed by atoms with Gasteiger partial charge in [-0.3, -0.25) is 4.79 Å². The molecule has 1 amide bonds. The SMILES string of the molecule is CCCOc1ccc(CNCC(C)(C)C(=O)NC)cc1. The Morgan fingerprint density at radius 2 is 1.90 bits per heavy atom. The maximum absolute atomic E-state index is 11.7. The van der Waals surface area contributed by atoms with Gasteiger partial charge in [0.05, 0.1) is 12.0 Å². The molecule has 0 heterocycles. The lowest BCUT2D eigenvalue weighted by atomic mass is 9.92. The Hall–Kier alpha value is -1.55. The second-order valence-electron chi connectivity index (χ2n) is 5.56. The number of amides is 1. The quantitative estimate of drug-likeness (QED) is 0.767. The molecule has 0 atom stereocenters. The third-order valence-electron chi connectivity index (χ3n) is 3.13. The fraction of sp³-hybridized carbons (Fsp3) is 0.562. The van der Waals surface area contributed by atoms with Gasteiger partial charge in [0.25, 0.3) is 0 Å². The first kappa shape index (κ1) is 16.5. The second kappa shape index (κ2) is 7.90. The van der Waals surface area contributed by atoms with Crippen molar-refractivity contribution in [2.45, 2.75) is 33.7 Å². The van der Waals surface area contributed by atoms with Gasteiger partial charge in [0, 0.05) is 20.1 Å². The lowest BCUT2D eigenvalue weighted by Crippen LogP contribution is -2.41. The Bertz CT molecular complexity index is 413. The number of ether oxygens (including phenoxy) is 1. The maximum Gasteiger partial charge on any atom is 0.226 e. The molecule has 0 spiro atoms. The van der Waals surface area contributed by atoms with Gasteiger partial charge >= 0.3 is 0 Å². The van der Waals surface area contributed by atoms with E-state index in [1.54, 1.807) is 7.05 Å². The molecule has 0 fully saturated rings. The number of hydrogen-bond donors (Lipinski definition) is 2. The normalized spacial score (nSPS) is 11.2. The molecule has 0 aromatic heterocycles. The molecule has 1 aromatic carbocycles. The molecule has 1 aromatic rings. The highest BCUT2D eigenvalue weighted by molar-refractivity contribution is 5.81. The van der Waals surface area contributed by atoms with Gasteiger partial charge in [0.2, 0.25) is 5.91 Å². The fourth-order valence-electron chi connectivity index (χ4n) is 1.86. The highest BCUT2D eigenvalue weighted by atomic mass is 16.5. The van der Waals surface area contributed by atoms with Crippen LogP contribution in [-0.4, -0.2) is 26.1 Å². The minimum Gasteiger partial charge on any atom is -0.494 e. The molecule has 4 nitrogen and oxygen atoms in total. The average Bonchev–Trinajstić information content (AvgIpc) is 2.45. The van der Waals surface area contributed by atoms with Crippen molar-refractivity contribution in [1.82, 2.24) is 10.6 Å². The molecule has 0 aliphatic heterocycles. The molecule has 2 N–H and O–H groups in total. The second-order valence-corrected chi connectivity index (χ2v) is 5.56. The van der Waals surface area contributed by atoms with E-state index in [9.17, 15) is 4.79 Å². The van der Waals surface area contributed by atoms with E-state index in [1.807, 2.05) is 38.1 Å². The van der Waals surface area contributed by atoms with Crippen LogP contribution < -0.4 is 15.4 Å². The van der Waals surface area contributed by atoms with Gasteiger partial charge < -0.3 is 15.4 Å². The lowest BCUT2D eigenvalue weighted by Gasteiger charge is -2.23. The van der Waals surface area contributed by atoms with Crippen LogP contribution in [0.4, 0.5) is 0 Å². The lowest BCUT2D eigenvalue weighted by molar-refractivity contribution is -0.128. The van der Waals surface area contributed by atoms with Gasteiger partial charge in [0.15, 0.2) is 0 Å². The monoisotopic (exact) mass is 278 g/mol. The zero-order chi connectivity index (χ0) is 15.0. The topological polar surface area (TPSA) is 50.4 Å². The first-order chi connectivity index (χ1) is 9.49. The summed E-state index contributed by atoms with van der Waals surface area (Å²) in [6.07, 6.45) is 1.01. The van der Waals surface area contributed by atoms with Crippen molar-refractivity contribution in [3.8, 4) is 5.75 Å². The summed E-state index contributed by atoms with van der Waals surface area (Å²) in [5, 5.41) is 6.00. The minimum atomic E-state index is -0.404. The van der Waals surface area contributed by atoms with Crippen molar-refractivity contribution >= 4 is 5.91 Å². The van der Waals surface area contributed by atoms with Crippen LogP contribution in [0.3, 0.4) is 0 Å². The van der Waals surface area contributed by atoms with E-state index >= 15 is 0 Å². The van der Waals surface area contributed by atoms with Gasteiger partial charge in [0.1, 0.15) is 5.75 Å². The summed E-state index contributed by atoms with van der Waals surface area (Å²) in [7, 11) is 1.67. The van der Waals surface area contributed by atoms with Gasteiger partial charge in [-0.2, -0.15) is 0 Å². The number of carbonyl (C=O) groups is 1. The number of rotatable bonds is 8. The van der Waals surface area contributed by atoms with Crippen LogP contribution in [0.1, 0.15) is 32.8 Å². The summed E-state index contributed by atoms with van der Waals surface area (Å²) in [4.78, 5) is 11.7. The van der Waals surface area contributed by atoms with Crippen molar-refractivity contribution in [3.63, 3.8) is 0 Å². The Kier molecular flexibility index (Phi) is 6.52. The molecule has 0 unspecified atom stereocenters. The first-order valence-electron chi connectivity index (χ1n) is 7.14. The summed E-state index contributed by atoms with van der Waals surface area (Å²) in [5.74, 6) is 0.953. The van der Waals surface area contributed by atoms with Gasteiger partial charge in [-0.1, -0.05) is 19.1 Å². The molecule has 0 bridgehead atoms. The molecular weight excluding hydrogens is 252 g/mol. The van der Waals surface area contributed by atoms with Crippen molar-refractivity contribution < 1.29 is 9.53 Å². The molecular formula is C16H26N2O2. The Morgan fingerprint density at radius 3 is 2.45 bits per heavy atom. The third-order valence-corrected chi connectivity index (χ3v) is 3.13. The minimum absolute atomic E-state index is 0.0494. The summed E-state index contributed by atoms with van der Waals surface area (Å²) in [6, 6.07) is 8.06. The smallest absolute Gasteiger partial charge is 0.226 e. The maximum atomic E-state index is 11.7. The highest BCUT2D eigenvalue weighted by Crippen LogP contribution is 2.15. The van der Waals surface area contributed by atoms with Crippen LogP contribution in [0.25, 0.3) is 0 Å². The van der Waals surface area contributed by atoms with Crippen molar-refractivity contribution in [2.75, 3.05) is 20.2 Å². The predicted octanol–water partition coefficient (Wildman–Crippen LogP) is 2.34. The van der Waals surface area contributed by atoms with E-state index < -0.39 is 5.41 Å². The molecule has 0 radical (unpaired) electrons. The summed E-state index contributed by atoms with van der Waals surface area (Å²) in [5.41, 5.74) is 0.778. The molecule has 0 saturated heterocycles. The van der Waals surface area contributed by atoms with E-state index in [2.05, 4.69) is 17.6 Å². The van der Waals surface area contributed by atoms with Gasteiger partial charge in [-0.25, -0.2) is 0 Å². The van der Waals surface area contributed by atoms with Gasteiger partial charge in [-0.05, 0) is 38.0 Å². The molecule has 20 heavy (non-hydrogen) atoms. The van der Waals surface area contributed by atoms with E-state index in [-0.39, 0.29) is 5.91 Å². The number of carbonyl (C=O) groups excluding carboxylic acids is 1. The molecule has 0 saturated carbocycles. The molecule has 1 rings (SSSR count). The highest BCUT2D eigenvalue weighted by Gasteiger charge is 2.25. The zero-order valence-electron chi connectivity index (χ0n) is 13.0. The van der Waals surface area contributed by atoms with Gasteiger partial charge in [-0.15, -0.1) is 0 Å². The molecule has 4 heteroatoms. The molecule has 112 valence electrons. The Balaban J connectivity index is 2.40. The number of nitrogens with one attached hydrogen (secondary N) is 2. The number of hydrogen-bond acceptors (Lipinski definition) is 3. The predicted molar refractivity (Wildman–Crippen MR) is 81.8 cm³/mol. The Labute approximate surface area is 121 Å². The standard InChI is InChI=1S/C16H26N2O2/c1-5-10-20-14-8-6-13(7-9-14)11-18-12-16(2,3)15(19)17-4/h6-9,18H,5,10-12H2,1-4H3,(H,17,19). The van der Waals surface area contributed by atoms with Crippen LogP contribution in [-0.2, 0) is 11.3 Å². The van der Waals surface area contributed by atoms with Crippen molar-refractivity contribution in [1.29, 1.82) is 0 Å². The number of benzene rings is 1. The van der Waals surface area contributed by atoms with Crippen LogP contribution in [0.5, 0.6) is 5.75 Å². The fourth-order valence-corrected chi connectivity index (χ4v) is 1.86. The third kappa shape index (κ3) is 5.21. The summed E-state index contributed by atoms with van der Waals surface area (Å²) in [6.45, 7) is 8.08. The largest absolute Gasteiger partial charge is 0.494 e. The zero-order valence-corrected chi connectivity index (χ0v) is 13.0. The molecule has 0 aliphatic carbocycles. The van der Waals surface area contributed by atoms with Crippen LogP contribution in [0.15, 0.2) is 24.3 Å². The first-order valence-corrected chi connectivity index (χ1v) is 7.14. The van der Waals surface area contributed by atoms with E-state index in [0.29, 0.717) is 6.54 Å². The van der Waals surface area contributed by atoms with Crippen molar-refractivity contribution in [2.24, 2.45) is 5.41 Å². The summed E-state index contributed by atoms with van der Waals surface area (Å²) >= 11 is 0. The van der Waals surface area contributed by atoms with E-state index in [0.717, 1.165) is 25.3 Å². The van der Waals surface area contributed by atoms with Crippen LogP contribution in [0.2, 0.25) is 0 Å². The van der Waals surface area contributed by atoms with Crippen LogP contribution >= 0.6 is 0 Å². The Morgan fingerprint density at radius 1 is 1.25 bits per heavy atom. The summed E-state index contributed by atoms with van der Waals surface area (Å²) < 4.78 is 5.54. The van der Waals surface area contributed by atoms with E-state index in [1.165, 1.54) is 5.56 Å². The average molecular weight is 278 g/mol. The molecule has 0 aliphatic rings. The van der Waals surface area contributed by atoms with Crippen molar-refractivity contribution in [3.05, 3.63) is 29.8 Å². The van der Waals surface area contributed by atoms with E-state index in [4.69, 9.17) is 4.74 Å². The van der Waals surface area contributed by atoms with Crippen LogP contribution in [0, 0.1) is 5.41 Å².